The fourth-order valence-electron chi connectivity index (χ4n) is 5.47. The van der Waals surface area contributed by atoms with E-state index in [-0.39, 0.29) is 18.0 Å². The Balaban J connectivity index is 0.000000195. The van der Waals surface area contributed by atoms with Crippen molar-refractivity contribution in [3.63, 3.8) is 0 Å². The zero-order valence-electron chi connectivity index (χ0n) is 27.5. The van der Waals surface area contributed by atoms with Gasteiger partial charge < -0.3 is 9.47 Å². The van der Waals surface area contributed by atoms with Crippen LogP contribution in [0.4, 0.5) is 13.2 Å². The molecule has 0 aliphatic carbocycles. The molecule has 2 fully saturated rings. The second-order valence-electron chi connectivity index (χ2n) is 11.5. The number of carbonyl (C=O) groups is 2. The number of benzene rings is 4. The topological polar surface area (TPSA) is 52.6 Å². The number of halogens is 3. The minimum Gasteiger partial charge on any atom is -0.496 e. The first-order chi connectivity index (χ1) is 23.7. The van der Waals surface area contributed by atoms with E-state index in [0.717, 1.165) is 43.7 Å². The highest BCUT2D eigenvalue weighted by Gasteiger charge is 2.31. The summed E-state index contributed by atoms with van der Waals surface area (Å²) in [5.41, 5.74) is 6.41. The first-order valence-corrected chi connectivity index (χ1v) is 17.7. The zero-order chi connectivity index (χ0) is 36.2. The quantitative estimate of drug-likeness (QED) is 0.143. The van der Waals surface area contributed by atoms with Crippen molar-refractivity contribution in [1.82, 2.24) is 0 Å². The Kier molecular flexibility index (Phi) is 11.8. The van der Waals surface area contributed by atoms with Crippen molar-refractivity contribution in [2.75, 3.05) is 14.2 Å². The molecule has 4 nitrogen and oxygen atoms in total. The second kappa shape index (κ2) is 15.9. The Morgan fingerprint density at radius 2 is 1.14 bits per heavy atom. The summed E-state index contributed by atoms with van der Waals surface area (Å²) < 4.78 is 51.2. The van der Waals surface area contributed by atoms with Crippen LogP contribution in [0.5, 0.6) is 11.5 Å². The molecular weight excluding hydrogens is 718 g/mol. The maximum absolute atomic E-state index is 13.0. The van der Waals surface area contributed by atoms with E-state index >= 15 is 0 Å². The van der Waals surface area contributed by atoms with Crippen molar-refractivity contribution in [3.05, 3.63) is 116 Å². The van der Waals surface area contributed by atoms with Crippen LogP contribution < -0.4 is 9.47 Å². The fourth-order valence-corrected chi connectivity index (χ4v) is 7.93. The number of ether oxygens (including phenoxy) is 2. The Hall–Kier alpha value is -4.03. The molecule has 2 heterocycles. The number of hydrogen-bond donors (Lipinski definition) is 0. The van der Waals surface area contributed by atoms with Gasteiger partial charge >= 0.3 is 6.18 Å². The maximum Gasteiger partial charge on any atom is 0.416 e. The average molecular weight is 749 g/mol. The molecule has 2 saturated heterocycles. The standard InChI is InChI=1S/C20H18O2S2.C19H13F3O2S2/c1-12-6-13(2)8-15(7-12)16-9-14(4-5-18(16)22-3)10-19-17(21)11-20(23)24-19;1-24-16-6-5-11(8-17-15(23)10-18(25)26-17)7-14(16)12-3-2-4-13(9-12)19(20,21)22/h4-10H,11H2,1-3H3;2-9H,10H2,1H3/b19-10-;17-8-. The Morgan fingerprint density at radius 1 is 0.660 bits per heavy atom. The van der Waals surface area contributed by atoms with Crippen molar-refractivity contribution in [1.29, 1.82) is 0 Å². The third kappa shape index (κ3) is 9.19. The van der Waals surface area contributed by atoms with Crippen molar-refractivity contribution in [2.24, 2.45) is 0 Å². The zero-order valence-corrected chi connectivity index (χ0v) is 30.7. The molecular formula is C39H31F3O4S4. The molecule has 4 aromatic carbocycles. The minimum atomic E-state index is -4.43. The molecule has 0 amide bonds. The van der Waals surface area contributed by atoms with Crippen LogP contribution in [0.1, 0.15) is 40.7 Å². The van der Waals surface area contributed by atoms with Gasteiger partial charge in [0.25, 0.3) is 0 Å². The summed E-state index contributed by atoms with van der Waals surface area (Å²) in [4.78, 5) is 25.1. The highest BCUT2D eigenvalue weighted by atomic mass is 32.2. The highest BCUT2D eigenvalue weighted by molar-refractivity contribution is 8.27. The SMILES string of the molecule is COc1ccc(/C=C2\SC(=S)CC2=O)cc1-c1cc(C)cc(C)c1.COc1ccc(/C=C2\SC(=S)CC2=O)cc1-c1cccc(C(F)(F)F)c1. The van der Waals surface area contributed by atoms with Gasteiger partial charge in [-0.3, -0.25) is 9.59 Å². The lowest BCUT2D eigenvalue weighted by molar-refractivity contribution is -0.137. The number of alkyl halides is 3. The van der Waals surface area contributed by atoms with Crippen molar-refractivity contribution in [3.8, 4) is 33.8 Å². The summed E-state index contributed by atoms with van der Waals surface area (Å²) in [7, 11) is 3.13. The largest absolute Gasteiger partial charge is 0.496 e. The van der Waals surface area contributed by atoms with E-state index in [1.165, 1.54) is 47.8 Å². The van der Waals surface area contributed by atoms with Crippen LogP contribution in [-0.4, -0.2) is 34.2 Å². The monoisotopic (exact) mass is 748 g/mol. The number of methoxy groups -OCH3 is 2. The third-order valence-electron chi connectivity index (χ3n) is 7.68. The van der Waals surface area contributed by atoms with Gasteiger partial charge in [-0.05, 0) is 84.7 Å². The predicted molar refractivity (Wildman–Crippen MR) is 207 cm³/mol. The number of allylic oxidation sites excluding steroid dienone is 2. The molecule has 0 N–H and O–H groups in total. The Morgan fingerprint density at radius 3 is 1.56 bits per heavy atom. The second-order valence-corrected chi connectivity index (χ2v) is 15.3. The van der Waals surface area contributed by atoms with Crippen molar-refractivity contribution >= 4 is 80.1 Å². The van der Waals surface area contributed by atoms with Gasteiger partial charge in [-0.1, -0.05) is 102 Å². The van der Waals surface area contributed by atoms with E-state index in [0.29, 0.717) is 38.0 Å². The van der Waals surface area contributed by atoms with E-state index < -0.39 is 11.7 Å². The molecule has 0 spiro atoms. The van der Waals surface area contributed by atoms with Crippen LogP contribution in [-0.2, 0) is 15.8 Å². The summed E-state index contributed by atoms with van der Waals surface area (Å²) >= 11 is 12.8. The Bertz CT molecular complexity index is 2060. The Labute approximate surface area is 308 Å². The lowest BCUT2D eigenvalue weighted by Gasteiger charge is -2.12. The molecule has 2 aliphatic rings. The average Bonchev–Trinajstić information content (AvgIpc) is 3.56. The van der Waals surface area contributed by atoms with Gasteiger partial charge in [0.1, 0.15) is 11.5 Å². The van der Waals surface area contributed by atoms with E-state index in [9.17, 15) is 22.8 Å². The molecule has 0 saturated carbocycles. The number of Topliss-reactive ketones (excluding diaryl/α,β-unsaturated/α-hetero) is 2. The summed E-state index contributed by atoms with van der Waals surface area (Å²) in [5, 5.41) is 0. The predicted octanol–water partition coefficient (Wildman–Crippen LogP) is 11.1. The van der Waals surface area contributed by atoms with Crippen molar-refractivity contribution in [2.45, 2.75) is 32.9 Å². The van der Waals surface area contributed by atoms with Gasteiger partial charge in [0.2, 0.25) is 0 Å². The lowest BCUT2D eigenvalue weighted by Crippen LogP contribution is -2.04. The number of thiocarbonyl (C=S) groups is 2. The number of carbonyl (C=O) groups excluding carboxylic acids is 2. The normalized spacial score (nSPS) is 16.2. The van der Waals surface area contributed by atoms with Crippen LogP contribution >= 0.6 is 48.0 Å². The highest BCUT2D eigenvalue weighted by Crippen LogP contribution is 2.38. The molecule has 0 radical (unpaired) electrons. The number of ketones is 2. The van der Waals surface area contributed by atoms with E-state index in [4.69, 9.17) is 33.9 Å². The molecule has 4 aromatic rings. The van der Waals surface area contributed by atoms with Crippen LogP contribution in [0.2, 0.25) is 0 Å². The summed E-state index contributed by atoms with van der Waals surface area (Å²) in [6.45, 7) is 4.17. The van der Waals surface area contributed by atoms with E-state index in [1.807, 2.05) is 18.2 Å². The van der Waals surface area contributed by atoms with Gasteiger partial charge in [0, 0.05) is 11.1 Å². The smallest absolute Gasteiger partial charge is 0.416 e. The number of thioether (sulfide) groups is 2. The molecule has 6 rings (SSSR count). The van der Waals surface area contributed by atoms with Crippen LogP contribution in [0, 0.1) is 13.8 Å². The van der Waals surface area contributed by atoms with E-state index in [2.05, 4.69) is 38.1 Å². The fraction of sp³-hybridized carbons (Fsp3) is 0.179. The van der Waals surface area contributed by atoms with Crippen LogP contribution in [0.15, 0.2) is 88.7 Å². The van der Waals surface area contributed by atoms with Gasteiger partial charge in [-0.2, -0.15) is 13.2 Å². The summed E-state index contributed by atoms with van der Waals surface area (Å²) in [5.74, 6) is 1.33. The van der Waals surface area contributed by atoms with Gasteiger partial charge in [-0.25, -0.2) is 0 Å². The number of hydrogen-bond acceptors (Lipinski definition) is 8. The minimum absolute atomic E-state index is 0.0450. The van der Waals surface area contributed by atoms with Crippen LogP contribution in [0.3, 0.4) is 0 Å². The molecule has 256 valence electrons. The molecule has 11 heteroatoms. The van der Waals surface area contributed by atoms with Gasteiger partial charge in [0.05, 0.1) is 50.8 Å². The molecule has 0 unspecified atom stereocenters. The van der Waals surface area contributed by atoms with Gasteiger partial charge in [0.15, 0.2) is 11.6 Å². The van der Waals surface area contributed by atoms with Gasteiger partial charge in [-0.15, -0.1) is 0 Å². The van der Waals surface area contributed by atoms with Crippen molar-refractivity contribution < 1.29 is 32.2 Å². The molecule has 2 aliphatic heterocycles. The molecule has 0 aromatic heterocycles. The first-order valence-electron chi connectivity index (χ1n) is 15.3. The number of rotatable bonds is 6. The van der Waals surface area contributed by atoms with Crippen LogP contribution in [0.25, 0.3) is 34.4 Å². The lowest BCUT2D eigenvalue weighted by atomic mass is 9.98. The third-order valence-corrected chi connectivity index (χ3v) is 10.3. The van der Waals surface area contributed by atoms with E-state index in [1.54, 1.807) is 37.5 Å². The molecule has 0 bridgehead atoms. The number of aryl methyl sites for hydroxylation is 2. The maximum atomic E-state index is 13.0. The molecule has 0 atom stereocenters. The summed E-state index contributed by atoms with van der Waals surface area (Å²) in [6.07, 6.45) is -0.208. The molecule has 50 heavy (non-hydrogen) atoms. The summed E-state index contributed by atoms with van der Waals surface area (Å²) in [6, 6.07) is 22.6. The first kappa shape index (κ1) is 37.2.